The zero-order valence-corrected chi connectivity index (χ0v) is 10.4. The van der Waals surface area contributed by atoms with E-state index in [1.165, 1.54) is 5.57 Å². The normalized spacial score (nSPS) is 14.4. The van der Waals surface area contributed by atoms with Crippen LogP contribution in [0.25, 0.3) is 0 Å². The lowest BCUT2D eigenvalue weighted by Crippen LogP contribution is -2.37. The zero-order chi connectivity index (χ0) is 12.4. The summed E-state index contributed by atoms with van der Waals surface area (Å²) >= 11 is 0. The topological polar surface area (TPSA) is 67.2 Å². The average Bonchev–Trinajstić information content (AvgIpc) is 2.53. The van der Waals surface area contributed by atoms with E-state index in [2.05, 4.69) is 15.8 Å². The summed E-state index contributed by atoms with van der Waals surface area (Å²) < 4.78 is 5.04. The second-order valence-corrected chi connectivity index (χ2v) is 4.32. The molecule has 1 fully saturated rings. The van der Waals surface area contributed by atoms with Crippen molar-refractivity contribution in [3.63, 3.8) is 0 Å². The molecule has 5 nitrogen and oxygen atoms in total. The van der Waals surface area contributed by atoms with Crippen LogP contribution in [-0.2, 0) is 11.3 Å². The summed E-state index contributed by atoms with van der Waals surface area (Å²) in [6.45, 7) is 7.70. The van der Waals surface area contributed by atoms with Crippen LogP contribution in [0, 0.1) is 13.8 Å². The molecule has 2 rings (SSSR count). The van der Waals surface area contributed by atoms with Crippen LogP contribution in [0.5, 0.6) is 0 Å². The van der Waals surface area contributed by atoms with Crippen LogP contribution in [0.4, 0.5) is 0 Å². The Hall–Kier alpha value is -1.62. The Balaban J connectivity index is 1.97. The maximum absolute atomic E-state index is 11.8. The maximum Gasteiger partial charge on any atom is 0.247 e. The summed E-state index contributed by atoms with van der Waals surface area (Å²) in [7, 11) is 0. The number of rotatable bonds is 3. The first kappa shape index (κ1) is 11.9. The molecule has 0 spiro atoms. The molecule has 1 aliphatic heterocycles. The lowest BCUT2D eigenvalue weighted by Gasteiger charge is -2.21. The molecule has 0 aliphatic carbocycles. The number of hydrogen-bond acceptors (Lipinski definition) is 4. The van der Waals surface area contributed by atoms with Crippen LogP contribution in [0.1, 0.15) is 23.9 Å². The first-order valence-corrected chi connectivity index (χ1v) is 5.69. The molecule has 2 heterocycles. The van der Waals surface area contributed by atoms with Crippen LogP contribution in [-0.4, -0.2) is 24.2 Å². The molecule has 0 bridgehead atoms. The van der Waals surface area contributed by atoms with E-state index in [1.54, 1.807) is 0 Å². The molecule has 2 N–H and O–H groups in total. The molecular formula is C12H17N3O2. The molecule has 0 unspecified atom stereocenters. The highest BCUT2D eigenvalue weighted by atomic mass is 16.5. The summed E-state index contributed by atoms with van der Waals surface area (Å²) in [5.74, 6) is 0.750. The summed E-state index contributed by atoms with van der Waals surface area (Å²) in [6, 6.07) is 0. The molecular weight excluding hydrogens is 218 g/mol. The maximum atomic E-state index is 11.8. The van der Waals surface area contributed by atoms with Crippen LogP contribution in [0.2, 0.25) is 0 Å². The molecule has 0 atom stereocenters. The molecule has 1 saturated heterocycles. The largest absolute Gasteiger partial charge is 0.361 e. The molecule has 1 aliphatic rings. The number of carbonyl (C=O) groups is 1. The van der Waals surface area contributed by atoms with Crippen molar-refractivity contribution in [2.24, 2.45) is 0 Å². The van der Waals surface area contributed by atoms with Crippen molar-refractivity contribution in [2.75, 3.05) is 13.1 Å². The van der Waals surface area contributed by atoms with Crippen molar-refractivity contribution in [1.29, 1.82) is 0 Å². The highest BCUT2D eigenvalue weighted by molar-refractivity contribution is 5.93. The van der Waals surface area contributed by atoms with Crippen molar-refractivity contribution >= 4 is 5.91 Å². The van der Waals surface area contributed by atoms with Crippen molar-refractivity contribution in [3.05, 3.63) is 28.2 Å². The Morgan fingerprint density at radius 1 is 1.47 bits per heavy atom. The van der Waals surface area contributed by atoms with Gasteiger partial charge in [0.25, 0.3) is 0 Å². The third kappa shape index (κ3) is 2.39. The average molecular weight is 235 g/mol. The SMILES string of the molecule is CC(C(=O)NCc1c(C)noc1C)=C1CNC1. The van der Waals surface area contributed by atoms with Gasteiger partial charge in [-0.3, -0.25) is 4.79 Å². The first-order chi connectivity index (χ1) is 8.09. The van der Waals surface area contributed by atoms with Crippen molar-refractivity contribution < 1.29 is 9.32 Å². The summed E-state index contributed by atoms with van der Waals surface area (Å²) in [5.41, 5.74) is 3.79. The van der Waals surface area contributed by atoms with Crippen LogP contribution in [0.15, 0.2) is 15.7 Å². The van der Waals surface area contributed by atoms with Gasteiger partial charge in [-0.2, -0.15) is 0 Å². The Labute approximate surface area is 100 Å². The lowest BCUT2D eigenvalue weighted by molar-refractivity contribution is -0.117. The van der Waals surface area contributed by atoms with Gasteiger partial charge in [-0.25, -0.2) is 0 Å². The molecule has 0 radical (unpaired) electrons. The molecule has 0 aromatic carbocycles. The first-order valence-electron chi connectivity index (χ1n) is 5.69. The van der Waals surface area contributed by atoms with Gasteiger partial charge in [0.1, 0.15) is 5.76 Å². The predicted molar refractivity (Wildman–Crippen MR) is 63.4 cm³/mol. The standard InChI is InChI=1S/C12H17N3O2/c1-7(10-4-13-5-10)12(16)14-6-11-8(2)15-17-9(11)3/h13H,4-6H2,1-3H3,(H,14,16). The van der Waals surface area contributed by atoms with Gasteiger partial charge in [-0.1, -0.05) is 5.16 Å². The fourth-order valence-corrected chi connectivity index (χ4v) is 1.73. The Morgan fingerprint density at radius 2 is 2.18 bits per heavy atom. The summed E-state index contributed by atoms with van der Waals surface area (Å²) in [5, 5.41) is 9.87. The van der Waals surface area contributed by atoms with E-state index in [9.17, 15) is 4.79 Å². The van der Waals surface area contributed by atoms with Crippen molar-refractivity contribution in [3.8, 4) is 0 Å². The number of nitrogens with one attached hydrogen (secondary N) is 2. The van der Waals surface area contributed by atoms with E-state index in [0.717, 1.165) is 35.7 Å². The summed E-state index contributed by atoms with van der Waals surface area (Å²) in [4.78, 5) is 11.8. The number of amides is 1. The molecule has 17 heavy (non-hydrogen) atoms. The monoisotopic (exact) mass is 235 g/mol. The fraction of sp³-hybridized carbons (Fsp3) is 0.500. The van der Waals surface area contributed by atoms with Crippen LogP contribution in [0.3, 0.4) is 0 Å². The van der Waals surface area contributed by atoms with Crippen molar-refractivity contribution in [1.82, 2.24) is 15.8 Å². The lowest BCUT2D eigenvalue weighted by atomic mass is 10.0. The Kier molecular flexibility index (Phi) is 3.28. The van der Waals surface area contributed by atoms with E-state index >= 15 is 0 Å². The Bertz CT molecular complexity index is 449. The quantitative estimate of drug-likeness (QED) is 0.761. The van der Waals surface area contributed by atoms with E-state index in [-0.39, 0.29) is 5.91 Å². The molecule has 5 heteroatoms. The number of nitrogens with zero attached hydrogens (tertiary/aromatic N) is 1. The van der Waals surface area contributed by atoms with Gasteiger partial charge in [0.2, 0.25) is 5.91 Å². The minimum atomic E-state index is -0.0125. The molecule has 1 aromatic rings. The predicted octanol–water partition coefficient (Wildman–Crippen LogP) is 0.827. The van der Waals surface area contributed by atoms with Crippen LogP contribution < -0.4 is 10.6 Å². The molecule has 1 aromatic heterocycles. The second kappa shape index (κ2) is 4.71. The minimum Gasteiger partial charge on any atom is -0.361 e. The van der Waals surface area contributed by atoms with E-state index in [1.807, 2.05) is 20.8 Å². The van der Waals surface area contributed by atoms with Gasteiger partial charge in [-0.15, -0.1) is 0 Å². The summed E-state index contributed by atoms with van der Waals surface area (Å²) in [6.07, 6.45) is 0. The Morgan fingerprint density at radius 3 is 2.65 bits per heavy atom. The van der Waals surface area contributed by atoms with E-state index in [0.29, 0.717) is 6.54 Å². The highest BCUT2D eigenvalue weighted by Crippen LogP contribution is 2.13. The smallest absolute Gasteiger partial charge is 0.247 e. The molecule has 92 valence electrons. The van der Waals surface area contributed by atoms with Crippen molar-refractivity contribution in [2.45, 2.75) is 27.3 Å². The third-order valence-corrected chi connectivity index (χ3v) is 3.15. The van der Waals surface area contributed by atoms with Gasteiger partial charge in [-0.05, 0) is 26.3 Å². The fourth-order valence-electron chi connectivity index (χ4n) is 1.73. The number of aryl methyl sites for hydroxylation is 2. The minimum absolute atomic E-state index is 0.0125. The highest BCUT2D eigenvalue weighted by Gasteiger charge is 2.16. The van der Waals surface area contributed by atoms with Gasteiger partial charge < -0.3 is 15.2 Å². The number of carbonyl (C=O) groups excluding carboxylic acids is 1. The van der Waals surface area contributed by atoms with E-state index < -0.39 is 0 Å². The van der Waals surface area contributed by atoms with Gasteiger partial charge >= 0.3 is 0 Å². The third-order valence-electron chi connectivity index (χ3n) is 3.15. The number of hydrogen-bond donors (Lipinski definition) is 2. The van der Waals surface area contributed by atoms with Gasteiger partial charge in [0, 0.05) is 30.8 Å². The molecule has 0 saturated carbocycles. The van der Waals surface area contributed by atoms with Crippen LogP contribution >= 0.6 is 0 Å². The van der Waals surface area contributed by atoms with Gasteiger partial charge in [0.15, 0.2) is 0 Å². The second-order valence-electron chi connectivity index (χ2n) is 4.32. The zero-order valence-electron chi connectivity index (χ0n) is 10.4. The molecule has 1 amide bonds. The number of aromatic nitrogens is 1. The van der Waals surface area contributed by atoms with E-state index in [4.69, 9.17) is 4.52 Å². The van der Waals surface area contributed by atoms with Gasteiger partial charge in [0.05, 0.1) is 5.69 Å².